The lowest BCUT2D eigenvalue weighted by molar-refractivity contribution is 0.0315. The predicted octanol–water partition coefficient (Wildman–Crippen LogP) is 7.04. The summed E-state index contributed by atoms with van der Waals surface area (Å²) < 4.78 is 13.0. The van der Waals surface area contributed by atoms with Crippen molar-refractivity contribution < 1.29 is 9.16 Å². The van der Waals surface area contributed by atoms with E-state index in [4.69, 9.17) is 14.1 Å². The van der Waals surface area contributed by atoms with Gasteiger partial charge in [-0.3, -0.25) is 0 Å². The number of hydrogen-bond donors (Lipinski definition) is 0. The Balaban J connectivity index is 1.31. The number of anilines is 2. The van der Waals surface area contributed by atoms with Crippen LogP contribution in [0, 0.1) is 0 Å². The summed E-state index contributed by atoms with van der Waals surface area (Å²) in [7, 11) is -1.74. The van der Waals surface area contributed by atoms with Crippen LogP contribution in [-0.4, -0.2) is 50.1 Å². The van der Waals surface area contributed by atoms with Crippen LogP contribution in [0.3, 0.4) is 0 Å². The Morgan fingerprint density at radius 3 is 2.59 bits per heavy atom. The summed E-state index contributed by atoms with van der Waals surface area (Å²) in [4.78, 5) is 9.96. The van der Waals surface area contributed by atoms with E-state index in [0.29, 0.717) is 12.7 Å². The largest absolute Gasteiger partial charge is 0.414 e. The molecule has 2 saturated heterocycles. The molecule has 0 saturated carbocycles. The van der Waals surface area contributed by atoms with Crippen LogP contribution in [0.4, 0.5) is 10.1 Å². The monoisotopic (exact) mass is 565 g/mol. The van der Waals surface area contributed by atoms with Gasteiger partial charge in [-0.05, 0) is 43.0 Å². The molecule has 188 valence electrons. The van der Waals surface area contributed by atoms with Gasteiger partial charge in [0.1, 0.15) is 5.00 Å². The van der Waals surface area contributed by atoms with Crippen LogP contribution in [0.15, 0.2) is 36.5 Å². The molecule has 1 aromatic carbocycles. The molecule has 34 heavy (non-hydrogen) atoms. The van der Waals surface area contributed by atoms with Gasteiger partial charge in [0.05, 0.1) is 23.9 Å². The van der Waals surface area contributed by atoms with E-state index < -0.39 is 8.32 Å². The van der Waals surface area contributed by atoms with E-state index in [1.807, 2.05) is 17.4 Å². The lowest BCUT2D eigenvalue weighted by Crippen LogP contribution is -2.49. The van der Waals surface area contributed by atoms with Crippen molar-refractivity contribution in [2.75, 3.05) is 29.4 Å². The standard InChI is InChI=1S/C26H40BrN3O2SSi/c1-26(2,3)34(4,5)32-21-13-15-30(23(27)16-21)24-17-28-25(33-24)29-14-9-12-22(18-29)31-19-20-10-7-6-8-11-20/h6-8,10-11,17,21-23H,9,12-16,18-19H2,1-5H3. The summed E-state index contributed by atoms with van der Waals surface area (Å²) in [5.74, 6) is 0. The van der Waals surface area contributed by atoms with Gasteiger partial charge in [-0.15, -0.1) is 0 Å². The molecule has 2 aromatic rings. The molecule has 2 fully saturated rings. The predicted molar refractivity (Wildman–Crippen MR) is 150 cm³/mol. The van der Waals surface area contributed by atoms with Gasteiger partial charge in [0.25, 0.3) is 0 Å². The van der Waals surface area contributed by atoms with Crippen molar-refractivity contribution in [3.8, 4) is 0 Å². The molecule has 1 aromatic heterocycles. The number of halogens is 1. The van der Waals surface area contributed by atoms with Crippen LogP contribution < -0.4 is 9.80 Å². The second kappa shape index (κ2) is 11.0. The van der Waals surface area contributed by atoms with Gasteiger partial charge in [0, 0.05) is 32.2 Å². The first-order valence-corrected chi connectivity index (χ1v) is 17.2. The number of aromatic nitrogens is 1. The SMILES string of the molecule is CC(C)(C)[Si](C)(C)OC1CCN(c2cnc(N3CCCC(OCc4ccccc4)C3)s2)C(Br)C1. The Bertz CT molecular complexity index is 920. The number of nitrogens with zero attached hydrogens (tertiary/aromatic N) is 3. The van der Waals surface area contributed by atoms with Crippen LogP contribution >= 0.6 is 27.3 Å². The van der Waals surface area contributed by atoms with E-state index in [2.05, 4.69) is 90.1 Å². The van der Waals surface area contributed by atoms with Gasteiger partial charge < -0.3 is 19.0 Å². The first-order chi connectivity index (χ1) is 16.1. The van der Waals surface area contributed by atoms with Crippen LogP contribution in [0.1, 0.15) is 52.0 Å². The fourth-order valence-electron chi connectivity index (χ4n) is 4.41. The maximum Gasteiger partial charge on any atom is 0.192 e. The molecule has 0 aliphatic carbocycles. The lowest BCUT2D eigenvalue weighted by atomic mass is 10.1. The summed E-state index contributed by atoms with van der Waals surface area (Å²) in [6, 6.07) is 10.5. The molecule has 3 heterocycles. The third-order valence-corrected chi connectivity index (χ3v) is 14.0. The third kappa shape index (κ3) is 6.43. The zero-order valence-electron chi connectivity index (χ0n) is 21.3. The molecule has 0 amide bonds. The molecule has 8 heteroatoms. The van der Waals surface area contributed by atoms with Gasteiger partial charge in [-0.25, -0.2) is 4.98 Å². The summed E-state index contributed by atoms with van der Waals surface area (Å²) in [6.07, 6.45) is 6.99. The minimum Gasteiger partial charge on any atom is -0.414 e. The average Bonchev–Trinajstić information content (AvgIpc) is 3.28. The highest BCUT2D eigenvalue weighted by atomic mass is 79.9. The smallest absolute Gasteiger partial charge is 0.192 e. The van der Waals surface area contributed by atoms with E-state index in [0.717, 1.165) is 50.4 Å². The third-order valence-electron chi connectivity index (χ3n) is 7.50. The second-order valence-electron chi connectivity index (χ2n) is 11.1. The Morgan fingerprint density at radius 1 is 1.12 bits per heavy atom. The van der Waals surface area contributed by atoms with Crippen molar-refractivity contribution >= 4 is 45.7 Å². The van der Waals surface area contributed by atoms with Crippen LogP contribution in [0.25, 0.3) is 0 Å². The number of benzene rings is 1. The molecule has 3 unspecified atom stereocenters. The molecular formula is C26H40BrN3O2SSi. The van der Waals surface area contributed by atoms with E-state index >= 15 is 0 Å². The number of alkyl halides is 1. The Kier molecular flexibility index (Phi) is 8.45. The average molecular weight is 567 g/mol. The number of rotatable bonds is 7. The van der Waals surface area contributed by atoms with Gasteiger partial charge in [0.15, 0.2) is 13.4 Å². The lowest BCUT2D eigenvalue weighted by Gasteiger charge is -2.43. The Labute approximate surface area is 219 Å². The number of thiazole rings is 1. The molecule has 0 N–H and O–H groups in total. The summed E-state index contributed by atoms with van der Waals surface area (Å²) in [5, 5.41) is 2.60. The van der Waals surface area contributed by atoms with Crippen molar-refractivity contribution in [3.05, 3.63) is 42.1 Å². The second-order valence-corrected chi connectivity index (χ2v) is 17.9. The highest BCUT2D eigenvalue weighted by Crippen LogP contribution is 2.41. The summed E-state index contributed by atoms with van der Waals surface area (Å²) in [5.41, 5.74) is 1.24. The Hall–Kier alpha value is -0.933. The maximum atomic E-state index is 6.71. The maximum absolute atomic E-state index is 6.71. The molecule has 0 spiro atoms. The highest BCUT2D eigenvalue weighted by Gasteiger charge is 2.41. The van der Waals surface area contributed by atoms with Crippen molar-refractivity contribution in [1.29, 1.82) is 0 Å². The molecule has 5 nitrogen and oxygen atoms in total. The van der Waals surface area contributed by atoms with E-state index in [1.165, 1.54) is 10.6 Å². The van der Waals surface area contributed by atoms with Crippen LogP contribution in [0.2, 0.25) is 18.1 Å². The Morgan fingerprint density at radius 2 is 1.88 bits per heavy atom. The normalized spacial score (nSPS) is 24.5. The van der Waals surface area contributed by atoms with Gasteiger partial charge in [0.2, 0.25) is 0 Å². The van der Waals surface area contributed by atoms with Crippen molar-refractivity contribution in [3.63, 3.8) is 0 Å². The topological polar surface area (TPSA) is 37.8 Å². The number of piperidine rings is 2. The van der Waals surface area contributed by atoms with Crippen LogP contribution in [0.5, 0.6) is 0 Å². The molecule has 0 radical (unpaired) electrons. The fraction of sp³-hybridized carbons (Fsp3) is 0.654. The minimum absolute atomic E-state index is 0.246. The molecule has 4 rings (SSSR count). The molecule has 0 bridgehead atoms. The first kappa shape index (κ1) is 26.1. The summed E-state index contributed by atoms with van der Waals surface area (Å²) >= 11 is 5.76. The van der Waals surface area contributed by atoms with Gasteiger partial charge in [-0.2, -0.15) is 0 Å². The first-order valence-electron chi connectivity index (χ1n) is 12.6. The minimum atomic E-state index is -1.74. The van der Waals surface area contributed by atoms with Crippen molar-refractivity contribution in [2.24, 2.45) is 0 Å². The van der Waals surface area contributed by atoms with Crippen molar-refractivity contribution in [2.45, 2.75) is 88.4 Å². The molecule has 3 atom stereocenters. The van der Waals surface area contributed by atoms with Gasteiger partial charge >= 0.3 is 0 Å². The highest BCUT2D eigenvalue weighted by molar-refractivity contribution is 9.09. The summed E-state index contributed by atoms with van der Waals surface area (Å²) in [6.45, 7) is 15.3. The molecule has 2 aliphatic heterocycles. The van der Waals surface area contributed by atoms with Gasteiger partial charge in [-0.1, -0.05) is 78.4 Å². The van der Waals surface area contributed by atoms with E-state index in [1.54, 1.807) is 0 Å². The zero-order chi connectivity index (χ0) is 24.3. The number of hydrogen-bond acceptors (Lipinski definition) is 6. The van der Waals surface area contributed by atoms with E-state index in [-0.39, 0.29) is 16.1 Å². The fourth-order valence-corrected chi connectivity index (χ4v) is 7.81. The van der Waals surface area contributed by atoms with E-state index in [9.17, 15) is 0 Å². The molecular weight excluding hydrogens is 526 g/mol. The molecule has 2 aliphatic rings. The van der Waals surface area contributed by atoms with Crippen LogP contribution in [-0.2, 0) is 15.8 Å². The zero-order valence-corrected chi connectivity index (χ0v) is 24.7. The van der Waals surface area contributed by atoms with Crippen molar-refractivity contribution in [1.82, 2.24) is 4.98 Å². The quantitative estimate of drug-likeness (QED) is 0.204. The number of ether oxygens (including phenoxy) is 1.